The van der Waals surface area contributed by atoms with E-state index in [4.69, 9.17) is 9.15 Å². The number of para-hydroxylation sites is 1. The summed E-state index contributed by atoms with van der Waals surface area (Å²) in [5.74, 6) is 0.836. The van der Waals surface area contributed by atoms with E-state index in [1.165, 1.54) is 66.1 Å². The van der Waals surface area contributed by atoms with E-state index in [0.717, 1.165) is 44.8 Å². The Bertz CT molecular complexity index is 3130. The summed E-state index contributed by atoms with van der Waals surface area (Å²) in [7, 11) is 0. The molecule has 1 aliphatic heterocycles. The number of allylic oxidation sites excluding steroid dienone is 4. The summed E-state index contributed by atoms with van der Waals surface area (Å²) in [5.41, 5.74) is 17.0. The molecule has 0 fully saturated rings. The van der Waals surface area contributed by atoms with Crippen LogP contribution in [0, 0.1) is 0 Å². The number of benzene rings is 7. The lowest BCUT2D eigenvalue weighted by atomic mass is 9.80. The first kappa shape index (κ1) is 31.7. The van der Waals surface area contributed by atoms with Gasteiger partial charge in [-0.25, -0.2) is 0 Å². The molecule has 0 amide bonds. The summed E-state index contributed by atoms with van der Waals surface area (Å²) in [4.78, 5) is 0. The second kappa shape index (κ2) is 11.8. The topological polar surface area (TPSA) is 27.3 Å². The third-order valence-corrected chi connectivity index (χ3v) is 11.8. The second-order valence-electron chi connectivity index (χ2n) is 15.3. The quantitative estimate of drug-likeness (QED) is 0.183. The molecule has 0 spiro atoms. The highest BCUT2D eigenvalue weighted by Crippen LogP contribution is 2.54. The van der Waals surface area contributed by atoms with Crippen LogP contribution >= 0.6 is 0 Å². The second-order valence-corrected chi connectivity index (χ2v) is 15.3. The van der Waals surface area contributed by atoms with Crippen LogP contribution in [0.5, 0.6) is 5.75 Å². The van der Waals surface area contributed by atoms with Gasteiger partial charge in [-0.2, -0.15) is 0 Å². The van der Waals surface area contributed by atoms with Gasteiger partial charge in [0.2, 0.25) is 0 Å². The molecule has 262 valence electrons. The molecule has 2 aromatic heterocycles. The predicted molar refractivity (Wildman–Crippen MR) is 229 cm³/mol. The smallest absolute Gasteiger partial charge is 0.135 e. The fraction of sp³-hybridized carbons (Fsp3) is 0.0769. The zero-order chi connectivity index (χ0) is 36.8. The fourth-order valence-corrected chi connectivity index (χ4v) is 9.16. The summed E-state index contributed by atoms with van der Waals surface area (Å²) >= 11 is 0. The summed E-state index contributed by atoms with van der Waals surface area (Å²) < 4.78 is 14.9. The zero-order valence-electron chi connectivity index (χ0n) is 30.8. The molecule has 3 heterocycles. The first-order valence-corrected chi connectivity index (χ1v) is 19.0. The molecule has 2 aliphatic rings. The van der Waals surface area contributed by atoms with Gasteiger partial charge in [0, 0.05) is 38.2 Å². The maximum Gasteiger partial charge on any atom is 0.135 e. The Labute approximate surface area is 319 Å². The molecule has 0 unspecified atom stereocenters. The molecule has 0 saturated carbocycles. The van der Waals surface area contributed by atoms with Gasteiger partial charge < -0.3 is 13.7 Å². The largest absolute Gasteiger partial charge is 0.489 e. The van der Waals surface area contributed by atoms with E-state index in [-0.39, 0.29) is 5.41 Å². The van der Waals surface area contributed by atoms with Crippen LogP contribution in [0.4, 0.5) is 0 Å². The lowest BCUT2D eigenvalue weighted by Gasteiger charge is -2.23. The van der Waals surface area contributed by atoms with E-state index in [2.05, 4.69) is 165 Å². The molecule has 1 aliphatic carbocycles. The van der Waals surface area contributed by atoms with Gasteiger partial charge >= 0.3 is 0 Å². The number of rotatable bonds is 3. The predicted octanol–water partition coefficient (Wildman–Crippen LogP) is 13.8. The van der Waals surface area contributed by atoms with Gasteiger partial charge in [0.25, 0.3) is 0 Å². The number of nitrogens with zero attached hydrogens (tertiary/aromatic N) is 1. The number of aromatic nitrogens is 1. The lowest BCUT2D eigenvalue weighted by Crippen LogP contribution is -2.15. The van der Waals surface area contributed by atoms with Crippen LogP contribution in [0.25, 0.3) is 88.4 Å². The standard InChI is InChI=1S/C52H37NO2/c1-32-12-6-5-11-27-54-47-25-20-37(31-41(32)47)53-45-23-18-34(33-13-7-4-8-14-33)28-42(45)43-29-35(19-24-46(43)53)36-17-21-38-39-22-26-49-50(40-15-9-10-16-48(40)55-49)51(39)52(2,3)44(38)30-36/h4-26,28-31H,1,27H2,2-3H3/b11-5-,12-6-. The van der Waals surface area contributed by atoms with Crippen molar-refractivity contribution in [2.75, 3.05) is 6.61 Å². The summed E-state index contributed by atoms with van der Waals surface area (Å²) in [6, 6.07) is 50.8. The van der Waals surface area contributed by atoms with E-state index < -0.39 is 0 Å². The van der Waals surface area contributed by atoms with Crippen molar-refractivity contribution in [3.05, 3.63) is 187 Å². The van der Waals surface area contributed by atoms with Gasteiger partial charge in [0.05, 0.1) is 11.0 Å². The van der Waals surface area contributed by atoms with Crippen molar-refractivity contribution in [3.8, 4) is 44.8 Å². The molecule has 55 heavy (non-hydrogen) atoms. The molecule has 11 rings (SSSR count). The summed E-state index contributed by atoms with van der Waals surface area (Å²) in [6.45, 7) is 9.63. The van der Waals surface area contributed by atoms with Crippen LogP contribution in [-0.2, 0) is 5.41 Å². The van der Waals surface area contributed by atoms with Crippen molar-refractivity contribution in [2.24, 2.45) is 0 Å². The van der Waals surface area contributed by atoms with Crippen LogP contribution in [-0.4, -0.2) is 11.2 Å². The van der Waals surface area contributed by atoms with Gasteiger partial charge in [-0.1, -0.05) is 118 Å². The van der Waals surface area contributed by atoms with E-state index in [1.807, 2.05) is 24.3 Å². The molecule has 0 bridgehead atoms. The third-order valence-electron chi connectivity index (χ3n) is 11.8. The van der Waals surface area contributed by atoms with Crippen molar-refractivity contribution in [1.82, 2.24) is 4.57 Å². The van der Waals surface area contributed by atoms with Gasteiger partial charge in [-0.05, 0) is 117 Å². The Morgan fingerprint density at radius 3 is 2.11 bits per heavy atom. The molecule has 0 N–H and O–H groups in total. The highest BCUT2D eigenvalue weighted by atomic mass is 16.5. The molecule has 0 saturated heterocycles. The molecular weight excluding hydrogens is 671 g/mol. The van der Waals surface area contributed by atoms with Crippen molar-refractivity contribution in [3.63, 3.8) is 0 Å². The Kier molecular flexibility index (Phi) is 6.81. The first-order valence-electron chi connectivity index (χ1n) is 19.0. The average Bonchev–Trinajstić information content (AvgIpc) is 3.85. The Hall–Kier alpha value is -6.84. The molecule has 9 aromatic rings. The van der Waals surface area contributed by atoms with Gasteiger partial charge in [-0.3, -0.25) is 0 Å². The number of hydrogen-bond donors (Lipinski definition) is 0. The van der Waals surface area contributed by atoms with E-state index in [1.54, 1.807) is 0 Å². The minimum atomic E-state index is -0.208. The molecular formula is C52H37NO2. The third kappa shape index (κ3) is 4.76. The number of furan rings is 1. The molecule has 7 aromatic carbocycles. The van der Waals surface area contributed by atoms with Crippen LogP contribution in [0.15, 0.2) is 175 Å². The van der Waals surface area contributed by atoms with Gasteiger partial charge in [-0.15, -0.1) is 0 Å². The van der Waals surface area contributed by atoms with Crippen molar-refractivity contribution < 1.29 is 9.15 Å². The minimum Gasteiger partial charge on any atom is -0.489 e. The Morgan fingerprint density at radius 2 is 1.29 bits per heavy atom. The van der Waals surface area contributed by atoms with Crippen LogP contribution < -0.4 is 4.74 Å². The van der Waals surface area contributed by atoms with E-state index >= 15 is 0 Å². The molecule has 3 nitrogen and oxygen atoms in total. The van der Waals surface area contributed by atoms with Crippen LogP contribution in [0.2, 0.25) is 0 Å². The number of hydrogen-bond acceptors (Lipinski definition) is 2. The maximum atomic E-state index is 6.34. The number of ether oxygens (including phenoxy) is 1. The van der Waals surface area contributed by atoms with Crippen molar-refractivity contribution in [1.29, 1.82) is 0 Å². The average molecular weight is 708 g/mol. The van der Waals surface area contributed by atoms with Crippen molar-refractivity contribution >= 4 is 49.3 Å². The fourth-order valence-electron chi connectivity index (χ4n) is 9.16. The van der Waals surface area contributed by atoms with Crippen molar-refractivity contribution in [2.45, 2.75) is 19.3 Å². The zero-order valence-corrected chi connectivity index (χ0v) is 30.8. The molecule has 0 atom stereocenters. The lowest BCUT2D eigenvalue weighted by molar-refractivity contribution is 0.362. The minimum absolute atomic E-state index is 0.208. The number of fused-ring (bicyclic) bond motifs is 11. The van der Waals surface area contributed by atoms with Crippen LogP contribution in [0.3, 0.4) is 0 Å². The molecule has 0 radical (unpaired) electrons. The Balaban J connectivity index is 1.09. The van der Waals surface area contributed by atoms with Crippen LogP contribution in [0.1, 0.15) is 30.5 Å². The Morgan fingerprint density at radius 1 is 0.582 bits per heavy atom. The summed E-state index contributed by atoms with van der Waals surface area (Å²) in [6.07, 6.45) is 8.10. The highest BCUT2D eigenvalue weighted by Gasteiger charge is 2.38. The highest BCUT2D eigenvalue weighted by molar-refractivity contribution is 6.13. The molecule has 3 heteroatoms. The summed E-state index contributed by atoms with van der Waals surface area (Å²) in [5, 5.41) is 4.83. The van der Waals surface area contributed by atoms with E-state index in [9.17, 15) is 0 Å². The monoisotopic (exact) mass is 707 g/mol. The SMILES string of the molecule is C=C1/C=C\C=C/COc2ccc(-n3c4ccc(-c5ccccc5)cc4c4cc(-c5ccc6c(c5)C(C)(C)c5c-6ccc6oc7ccccc7c56)ccc43)cc21. The normalized spacial score (nSPS) is 15.6. The van der Waals surface area contributed by atoms with Gasteiger partial charge in [0.15, 0.2) is 0 Å². The van der Waals surface area contributed by atoms with Gasteiger partial charge in [0.1, 0.15) is 23.5 Å². The maximum absolute atomic E-state index is 6.34. The first-order chi connectivity index (χ1) is 26.9. The van der Waals surface area contributed by atoms with E-state index in [0.29, 0.717) is 6.61 Å².